The Morgan fingerprint density at radius 3 is 2.29 bits per heavy atom. The molecule has 0 aliphatic heterocycles. The van der Waals surface area contributed by atoms with E-state index < -0.39 is 0 Å². The molecule has 106 valence electrons. The minimum Gasteiger partial charge on any atom is -0.326 e. The van der Waals surface area contributed by atoms with Gasteiger partial charge in [0.1, 0.15) is 0 Å². The number of fused-ring (bicyclic) bond motifs is 1. The van der Waals surface area contributed by atoms with Gasteiger partial charge in [0.15, 0.2) is 0 Å². The van der Waals surface area contributed by atoms with Crippen molar-refractivity contribution in [2.24, 2.45) is 5.73 Å². The van der Waals surface area contributed by atoms with Gasteiger partial charge >= 0.3 is 0 Å². The van der Waals surface area contributed by atoms with Crippen LogP contribution in [0.25, 0.3) is 10.8 Å². The molecule has 0 spiro atoms. The van der Waals surface area contributed by atoms with E-state index in [2.05, 4.69) is 67.6 Å². The van der Waals surface area contributed by atoms with E-state index in [9.17, 15) is 0 Å². The second-order valence-corrected chi connectivity index (χ2v) is 6.20. The highest BCUT2D eigenvalue weighted by Crippen LogP contribution is 2.32. The van der Waals surface area contributed by atoms with Gasteiger partial charge in [0.25, 0.3) is 0 Å². The van der Waals surface area contributed by atoms with Crippen LogP contribution in [0.3, 0.4) is 0 Å². The fourth-order valence-electron chi connectivity index (χ4n) is 2.57. The van der Waals surface area contributed by atoms with Crippen molar-refractivity contribution in [3.63, 3.8) is 0 Å². The van der Waals surface area contributed by atoms with Crippen LogP contribution < -0.4 is 5.73 Å². The average molecular weight is 293 g/mol. The zero-order valence-corrected chi connectivity index (χ0v) is 13.0. The predicted molar refractivity (Wildman–Crippen MR) is 92.6 cm³/mol. The molecule has 0 unspecified atom stereocenters. The van der Waals surface area contributed by atoms with Crippen molar-refractivity contribution >= 4 is 22.5 Å². The van der Waals surface area contributed by atoms with Gasteiger partial charge in [-0.15, -0.1) is 11.8 Å². The van der Waals surface area contributed by atoms with Gasteiger partial charge in [-0.1, -0.05) is 54.6 Å². The molecule has 0 bridgehead atoms. The largest absolute Gasteiger partial charge is 0.326 e. The van der Waals surface area contributed by atoms with Crippen LogP contribution in [-0.4, -0.2) is 0 Å². The van der Waals surface area contributed by atoms with Crippen LogP contribution in [0.2, 0.25) is 0 Å². The summed E-state index contributed by atoms with van der Waals surface area (Å²) < 4.78 is 0. The Morgan fingerprint density at radius 2 is 1.52 bits per heavy atom. The summed E-state index contributed by atoms with van der Waals surface area (Å²) in [6.45, 7) is 2.76. The predicted octanol–water partition coefficient (Wildman–Crippen LogP) is 4.90. The smallest absolute Gasteiger partial charge is 0.0234 e. The summed E-state index contributed by atoms with van der Waals surface area (Å²) in [6, 6.07) is 21.5. The molecule has 0 aliphatic carbocycles. The van der Waals surface area contributed by atoms with Crippen molar-refractivity contribution in [2.45, 2.75) is 24.1 Å². The molecule has 0 atom stereocenters. The van der Waals surface area contributed by atoms with Crippen molar-refractivity contribution in [2.75, 3.05) is 0 Å². The molecule has 1 nitrogen and oxygen atoms in total. The Balaban J connectivity index is 1.93. The van der Waals surface area contributed by atoms with Crippen LogP contribution in [0.1, 0.15) is 16.7 Å². The molecule has 3 aromatic carbocycles. The lowest BCUT2D eigenvalue weighted by molar-refractivity contribution is 1.08. The second kappa shape index (κ2) is 6.33. The standard InChI is InChI=1S/C19H19NS/c1-14-6-2-3-7-16(14)13-21-19-11-10-15(12-20)17-8-4-5-9-18(17)19/h2-11H,12-13,20H2,1H3. The van der Waals surface area contributed by atoms with Gasteiger partial charge in [0.05, 0.1) is 0 Å². The highest BCUT2D eigenvalue weighted by atomic mass is 32.2. The third kappa shape index (κ3) is 2.97. The maximum Gasteiger partial charge on any atom is 0.0234 e. The summed E-state index contributed by atoms with van der Waals surface area (Å²) in [5.74, 6) is 0.999. The number of rotatable bonds is 4. The zero-order valence-electron chi connectivity index (χ0n) is 12.2. The highest BCUT2D eigenvalue weighted by Gasteiger charge is 2.06. The van der Waals surface area contributed by atoms with Crippen LogP contribution in [0, 0.1) is 6.92 Å². The molecule has 3 rings (SSSR count). The van der Waals surface area contributed by atoms with E-state index in [1.165, 1.54) is 32.4 Å². The van der Waals surface area contributed by atoms with E-state index in [0.29, 0.717) is 6.54 Å². The monoisotopic (exact) mass is 293 g/mol. The number of hydrogen-bond donors (Lipinski definition) is 1. The zero-order chi connectivity index (χ0) is 14.7. The van der Waals surface area contributed by atoms with Gasteiger partial charge in [0.2, 0.25) is 0 Å². The third-order valence-electron chi connectivity index (χ3n) is 3.84. The number of nitrogens with two attached hydrogens (primary N) is 1. The molecule has 0 aliphatic rings. The Kier molecular flexibility index (Phi) is 4.28. The molecule has 2 N–H and O–H groups in total. The van der Waals surface area contributed by atoms with E-state index in [-0.39, 0.29) is 0 Å². The second-order valence-electron chi connectivity index (χ2n) is 5.19. The SMILES string of the molecule is Cc1ccccc1CSc1ccc(CN)c2ccccc12. The molecule has 3 aromatic rings. The third-order valence-corrected chi connectivity index (χ3v) is 4.96. The first-order chi connectivity index (χ1) is 10.3. The first-order valence-corrected chi connectivity index (χ1v) is 8.16. The summed E-state index contributed by atoms with van der Waals surface area (Å²) in [6.07, 6.45) is 0. The Bertz CT molecular complexity index is 764. The van der Waals surface area contributed by atoms with Gasteiger partial charge in [-0.25, -0.2) is 0 Å². The summed E-state index contributed by atoms with van der Waals surface area (Å²) >= 11 is 1.90. The number of aryl methyl sites for hydroxylation is 1. The highest BCUT2D eigenvalue weighted by molar-refractivity contribution is 7.98. The molecular weight excluding hydrogens is 274 g/mol. The minimum absolute atomic E-state index is 0.587. The number of benzene rings is 3. The molecule has 0 fully saturated rings. The molecule has 0 radical (unpaired) electrons. The molecule has 0 saturated heterocycles. The van der Waals surface area contributed by atoms with E-state index >= 15 is 0 Å². The van der Waals surface area contributed by atoms with E-state index in [1.54, 1.807) is 0 Å². The van der Waals surface area contributed by atoms with E-state index in [4.69, 9.17) is 5.73 Å². The minimum atomic E-state index is 0.587. The lowest BCUT2D eigenvalue weighted by Gasteiger charge is -2.11. The van der Waals surface area contributed by atoms with Gasteiger partial charge in [0, 0.05) is 17.2 Å². The van der Waals surface area contributed by atoms with Crippen molar-refractivity contribution in [1.82, 2.24) is 0 Å². The maximum absolute atomic E-state index is 5.84. The van der Waals surface area contributed by atoms with Crippen molar-refractivity contribution in [1.29, 1.82) is 0 Å². The fourth-order valence-corrected chi connectivity index (χ4v) is 3.70. The Labute approximate surface area is 130 Å². The summed E-state index contributed by atoms with van der Waals surface area (Å²) in [5.41, 5.74) is 9.81. The molecular formula is C19H19NS. The molecule has 0 aromatic heterocycles. The van der Waals surface area contributed by atoms with Gasteiger partial charge in [-0.05, 0) is 40.5 Å². The van der Waals surface area contributed by atoms with Gasteiger partial charge in [-0.2, -0.15) is 0 Å². The van der Waals surface area contributed by atoms with Crippen molar-refractivity contribution < 1.29 is 0 Å². The van der Waals surface area contributed by atoms with Crippen LogP contribution in [-0.2, 0) is 12.3 Å². The van der Waals surface area contributed by atoms with Crippen LogP contribution in [0.5, 0.6) is 0 Å². The van der Waals surface area contributed by atoms with E-state index in [0.717, 1.165) is 5.75 Å². The maximum atomic E-state index is 5.84. The molecule has 21 heavy (non-hydrogen) atoms. The first-order valence-electron chi connectivity index (χ1n) is 7.17. The molecule has 0 amide bonds. The van der Waals surface area contributed by atoms with Gasteiger partial charge < -0.3 is 5.73 Å². The van der Waals surface area contributed by atoms with Crippen LogP contribution in [0.4, 0.5) is 0 Å². The van der Waals surface area contributed by atoms with Gasteiger partial charge in [-0.3, -0.25) is 0 Å². The van der Waals surface area contributed by atoms with Crippen LogP contribution in [0.15, 0.2) is 65.6 Å². The van der Waals surface area contributed by atoms with Crippen LogP contribution >= 0.6 is 11.8 Å². The van der Waals surface area contributed by atoms with Crippen molar-refractivity contribution in [3.8, 4) is 0 Å². The summed E-state index contributed by atoms with van der Waals surface area (Å²) in [4.78, 5) is 1.33. The van der Waals surface area contributed by atoms with E-state index in [1.807, 2.05) is 11.8 Å². The lowest BCUT2D eigenvalue weighted by Crippen LogP contribution is -1.97. The first kappa shape index (κ1) is 14.2. The summed E-state index contributed by atoms with van der Waals surface area (Å²) in [5, 5.41) is 2.58. The average Bonchev–Trinajstić information content (AvgIpc) is 2.54. The lowest BCUT2D eigenvalue weighted by atomic mass is 10.0. The normalized spacial score (nSPS) is 11.0. The Morgan fingerprint density at radius 1 is 0.810 bits per heavy atom. The fraction of sp³-hybridized carbons (Fsp3) is 0.158. The summed E-state index contributed by atoms with van der Waals surface area (Å²) in [7, 11) is 0. The molecule has 0 heterocycles. The molecule has 0 saturated carbocycles. The number of hydrogen-bond acceptors (Lipinski definition) is 2. The number of thioether (sulfide) groups is 1. The Hall–Kier alpha value is -1.77. The quantitative estimate of drug-likeness (QED) is 0.692. The molecule has 2 heteroatoms. The topological polar surface area (TPSA) is 26.0 Å². The van der Waals surface area contributed by atoms with Crippen molar-refractivity contribution in [3.05, 3.63) is 77.4 Å².